The van der Waals surface area contributed by atoms with Crippen molar-refractivity contribution in [3.63, 3.8) is 0 Å². The van der Waals surface area contributed by atoms with Crippen LogP contribution in [0.2, 0.25) is 0 Å². The van der Waals surface area contributed by atoms with Crippen molar-refractivity contribution in [2.24, 2.45) is 5.92 Å². The summed E-state index contributed by atoms with van der Waals surface area (Å²) >= 11 is 1.54. The number of carboxylic acids is 1. The molecule has 30 heavy (non-hydrogen) atoms. The molecule has 3 amide bonds. The molecular formula is C21H27N3O5S. The van der Waals surface area contributed by atoms with E-state index in [0.717, 1.165) is 5.56 Å². The Hall–Kier alpha value is -2.55. The topological polar surface area (TPSA) is 116 Å². The van der Waals surface area contributed by atoms with Gasteiger partial charge in [0.05, 0.1) is 0 Å². The molecule has 8 nitrogen and oxygen atoms in total. The van der Waals surface area contributed by atoms with Gasteiger partial charge in [-0.15, -0.1) is 11.8 Å². The van der Waals surface area contributed by atoms with E-state index in [4.69, 9.17) is 0 Å². The van der Waals surface area contributed by atoms with Gasteiger partial charge >= 0.3 is 5.97 Å². The van der Waals surface area contributed by atoms with Crippen LogP contribution in [0.15, 0.2) is 24.3 Å². The minimum Gasteiger partial charge on any atom is -0.480 e. The fourth-order valence-corrected chi connectivity index (χ4v) is 5.54. The van der Waals surface area contributed by atoms with Gasteiger partial charge in [-0.2, -0.15) is 0 Å². The quantitative estimate of drug-likeness (QED) is 0.630. The van der Waals surface area contributed by atoms with Crippen molar-refractivity contribution in [1.29, 1.82) is 0 Å². The zero-order valence-corrected chi connectivity index (χ0v) is 18.4. The van der Waals surface area contributed by atoms with Gasteiger partial charge in [0.2, 0.25) is 11.8 Å². The summed E-state index contributed by atoms with van der Waals surface area (Å²) < 4.78 is -0.560. The van der Waals surface area contributed by atoms with Crippen molar-refractivity contribution < 1.29 is 24.3 Å². The number of carboxylic acid groups (broad SMARTS) is 1. The average Bonchev–Trinajstić information content (AvgIpc) is 3.08. The number of nitrogens with zero attached hydrogens (tertiary/aromatic N) is 1. The first-order valence-corrected chi connectivity index (χ1v) is 10.8. The normalized spacial score (nSPS) is 23.5. The summed E-state index contributed by atoms with van der Waals surface area (Å²) in [4.78, 5) is 51.5. The van der Waals surface area contributed by atoms with Crippen LogP contribution < -0.4 is 10.6 Å². The second kappa shape index (κ2) is 7.94. The number of carbonyl (C=O) groups is 4. The molecule has 0 spiro atoms. The van der Waals surface area contributed by atoms with Crippen LogP contribution in [-0.2, 0) is 14.4 Å². The van der Waals surface area contributed by atoms with Crippen molar-refractivity contribution >= 4 is 35.5 Å². The lowest BCUT2D eigenvalue weighted by Gasteiger charge is -2.30. The second-order valence-electron chi connectivity index (χ2n) is 8.57. The molecule has 0 bridgehead atoms. The average molecular weight is 434 g/mol. The van der Waals surface area contributed by atoms with E-state index in [1.807, 2.05) is 26.0 Å². The van der Waals surface area contributed by atoms with E-state index in [1.54, 1.807) is 42.6 Å². The van der Waals surface area contributed by atoms with Gasteiger partial charge in [-0.05, 0) is 38.3 Å². The van der Waals surface area contributed by atoms with Crippen molar-refractivity contribution in [2.45, 2.75) is 62.9 Å². The molecule has 2 aliphatic heterocycles. The number of rotatable bonds is 6. The van der Waals surface area contributed by atoms with Crippen LogP contribution in [0.25, 0.3) is 0 Å². The number of nitrogens with one attached hydrogen (secondary N) is 2. The van der Waals surface area contributed by atoms with Crippen LogP contribution in [0, 0.1) is 5.92 Å². The number of amides is 3. The Kier molecular flexibility index (Phi) is 5.86. The molecule has 1 aromatic carbocycles. The first-order valence-electron chi connectivity index (χ1n) is 9.88. The molecule has 162 valence electrons. The molecule has 2 heterocycles. The van der Waals surface area contributed by atoms with E-state index < -0.39 is 40.7 Å². The highest BCUT2D eigenvalue weighted by Gasteiger charge is 2.57. The molecule has 0 aromatic heterocycles. The largest absolute Gasteiger partial charge is 0.480 e. The molecule has 0 aliphatic carbocycles. The van der Waals surface area contributed by atoms with Crippen LogP contribution in [-0.4, -0.2) is 56.6 Å². The van der Waals surface area contributed by atoms with Gasteiger partial charge < -0.3 is 20.6 Å². The molecular weight excluding hydrogens is 406 g/mol. The minimum atomic E-state index is -1.13. The van der Waals surface area contributed by atoms with Gasteiger partial charge in [0.1, 0.15) is 23.5 Å². The first-order chi connectivity index (χ1) is 14.0. The Labute approximate surface area is 179 Å². The number of carbonyl (C=O) groups excluding carboxylic acids is 3. The van der Waals surface area contributed by atoms with Gasteiger partial charge in [0, 0.05) is 10.3 Å². The molecule has 1 fully saturated rings. The van der Waals surface area contributed by atoms with Gasteiger partial charge in [-0.1, -0.05) is 32.0 Å². The third kappa shape index (κ3) is 3.78. The summed E-state index contributed by atoms with van der Waals surface area (Å²) in [5.41, 5.74) is 1.48. The van der Waals surface area contributed by atoms with E-state index in [0.29, 0.717) is 5.56 Å². The highest BCUT2D eigenvalue weighted by atomic mass is 32.2. The lowest BCUT2D eigenvalue weighted by atomic mass is 10.00. The summed E-state index contributed by atoms with van der Waals surface area (Å²) in [6.45, 7) is 8.69. The predicted molar refractivity (Wildman–Crippen MR) is 113 cm³/mol. The van der Waals surface area contributed by atoms with Gasteiger partial charge in [-0.25, -0.2) is 4.79 Å². The Morgan fingerprint density at radius 2 is 1.77 bits per heavy atom. The van der Waals surface area contributed by atoms with Gasteiger partial charge in [0.25, 0.3) is 5.91 Å². The van der Waals surface area contributed by atoms with Crippen LogP contribution in [0.1, 0.15) is 55.9 Å². The number of fused-ring (bicyclic) bond motifs is 3. The molecule has 1 aromatic rings. The van der Waals surface area contributed by atoms with E-state index in [9.17, 15) is 24.3 Å². The SMILES string of the molecule is CC(C)[C@H](NC(=O)[C@H](C)NC(=O)[C@H]1N2C(=O)c3ccccc3C2SC1(C)C)C(=O)O. The fourth-order valence-electron chi connectivity index (χ4n) is 3.95. The lowest BCUT2D eigenvalue weighted by molar-refractivity contribution is -0.143. The summed E-state index contributed by atoms with van der Waals surface area (Å²) in [5.74, 6) is -2.65. The van der Waals surface area contributed by atoms with Crippen LogP contribution in [0.4, 0.5) is 0 Å². The lowest BCUT2D eigenvalue weighted by Crippen LogP contribution is -2.57. The molecule has 0 radical (unpaired) electrons. The minimum absolute atomic E-state index is 0.198. The monoisotopic (exact) mass is 433 g/mol. The zero-order chi connectivity index (χ0) is 22.4. The van der Waals surface area contributed by atoms with Crippen molar-refractivity contribution in [3.05, 3.63) is 35.4 Å². The maximum atomic E-state index is 13.2. The standard InChI is InChI=1S/C21H27N3O5S/c1-10(2)14(20(28)29)23-16(25)11(3)22-17(26)15-21(4,5)30-19-13-9-7-6-8-12(13)18(27)24(15)19/h6-11,14-15,19H,1-5H3,(H,22,26)(H,23,25)(H,28,29)/t11-,14-,15+,19?/m0/s1. The van der Waals surface area contributed by atoms with Crippen molar-refractivity contribution in [1.82, 2.24) is 15.5 Å². The Morgan fingerprint density at radius 3 is 2.37 bits per heavy atom. The Morgan fingerprint density at radius 1 is 1.13 bits per heavy atom. The molecule has 0 saturated carbocycles. The van der Waals surface area contributed by atoms with Gasteiger partial charge in [-0.3, -0.25) is 14.4 Å². The fraction of sp³-hybridized carbons (Fsp3) is 0.524. The zero-order valence-electron chi connectivity index (χ0n) is 17.6. The summed E-state index contributed by atoms with van der Waals surface area (Å²) in [5, 5.41) is 14.1. The third-order valence-corrected chi connectivity index (χ3v) is 7.06. The number of benzene rings is 1. The van der Waals surface area contributed by atoms with Crippen molar-refractivity contribution in [3.8, 4) is 0 Å². The van der Waals surface area contributed by atoms with E-state index in [-0.39, 0.29) is 17.2 Å². The number of hydrogen-bond donors (Lipinski definition) is 3. The molecule has 1 saturated heterocycles. The number of hydrogen-bond acceptors (Lipinski definition) is 5. The summed E-state index contributed by atoms with van der Waals surface area (Å²) in [6, 6.07) is 4.57. The number of aliphatic carboxylic acids is 1. The summed E-state index contributed by atoms with van der Waals surface area (Å²) in [7, 11) is 0. The molecule has 2 aliphatic rings. The molecule has 4 atom stereocenters. The van der Waals surface area contributed by atoms with Crippen LogP contribution in [0.5, 0.6) is 0 Å². The van der Waals surface area contributed by atoms with Crippen molar-refractivity contribution in [2.75, 3.05) is 0 Å². The van der Waals surface area contributed by atoms with Gasteiger partial charge in [0.15, 0.2) is 0 Å². The van der Waals surface area contributed by atoms with Crippen LogP contribution >= 0.6 is 11.8 Å². The highest BCUT2D eigenvalue weighted by Crippen LogP contribution is 2.56. The maximum Gasteiger partial charge on any atom is 0.326 e. The highest BCUT2D eigenvalue weighted by molar-refractivity contribution is 8.01. The van der Waals surface area contributed by atoms with Crippen LogP contribution in [0.3, 0.4) is 0 Å². The number of thioether (sulfide) groups is 1. The first kappa shape index (κ1) is 22.1. The molecule has 3 rings (SSSR count). The van der Waals surface area contributed by atoms with E-state index in [1.165, 1.54) is 6.92 Å². The Balaban J connectivity index is 1.76. The Bertz CT molecular complexity index is 900. The van der Waals surface area contributed by atoms with E-state index >= 15 is 0 Å². The third-order valence-electron chi connectivity index (χ3n) is 5.53. The predicted octanol–water partition coefficient (Wildman–Crippen LogP) is 1.77. The maximum absolute atomic E-state index is 13.2. The van der Waals surface area contributed by atoms with E-state index in [2.05, 4.69) is 10.6 Å². The molecule has 3 N–H and O–H groups in total. The molecule has 1 unspecified atom stereocenters. The smallest absolute Gasteiger partial charge is 0.326 e. The molecule has 9 heteroatoms. The second-order valence-corrected chi connectivity index (χ2v) is 10.3. The summed E-state index contributed by atoms with van der Waals surface area (Å²) in [6.07, 6.45) is 0.